The SMILES string of the molecule is CCOC(=O)[C@H]1CCCCN1C1CCC(CC)CC1. The van der Waals surface area contributed by atoms with Crippen LogP contribution in [-0.2, 0) is 9.53 Å². The molecule has 0 bridgehead atoms. The Balaban J connectivity index is 1.94. The van der Waals surface area contributed by atoms with Crippen molar-refractivity contribution in [2.45, 2.75) is 77.3 Å². The first kappa shape index (κ1) is 14.8. The maximum absolute atomic E-state index is 12.1. The molecule has 1 saturated heterocycles. The predicted octanol–water partition coefficient (Wildman–Crippen LogP) is 3.37. The zero-order chi connectivity index (χ0) is 13.7. The molecule has 3 nitrogen and oxygen atoms in total. The molecule has 1 atom stereocenters. The van der Waals surface area contributed by atoms with Crippen LogP contribution in [0.5, 0.6) is 0 Å². The number of ether oxygens (including phenoxy) is 1. The van der Waals surface area contributed by atoms with Crippen molar-refractivity contribution in [3.8, 4) is 0 Å². The fourth-order valence-electron chi connectivity index (χ4n) is 3.77. The van der Waals surface area contributed by atoms with Crippen LogP contribution in [0.2, 0.25) is 0 Å². The number of carbonyl (C=O) groups is 1. The summed E-state index contributed by atoms with van der Waals surface area (Å²) in [5.74, 6) is 0.932. The second-order valence-corrected chi connectivity index (χ2v) is 6.08. The third kappa shape index (κ3) is 3.71. The molecule has 2 rings (SSSR count). The van der Waals surface area contributed by atoms with E-state index in [4.69, 9.17) is 4.74 Å². The van der Waals surface area contributed by atoms with Crippen molar-refractivity contribution in [1.29, 1.82) is 0 Å². The summed E-state index contributed by atoms with van der Waals surface area (Å²) in [6.07, 6.45) is 9.94. The Kier molecular flexibility index (Phi) is 5.68. The molecular formula is C16H29NO2. The Hall–Kier alpha value is -0.570. The van der Waals surface area contributed by atoms with E-state index < -0.39 is 0 Å². The van der Waals surface area contributed by atoms with Crippen molar-refractivity contribution in [3.05, 3.63) is 0 Å². The van der Waals surface area contributed by atoms with Gasteiger partial charge in [-0.1, -0.05) is 19.8 Å². The number of esters is 1. The van der Waals surface area contributed by atoms with Gasteiger partial charge >= 0.3 is 5.97 Å². The summed E-state index contributed by atoms with van der Waals surface area (Å²) >= 11 is 0. The third-order valence-electron chi connectivity index (χ3n) is 4.97. The van der Waals surface area contributed by atoms with Crippen molar-refractivity contribution in [2.24, 2.45) is 5.92 Å². The van der Waals surface area contributed by atoms with Gasteiger partial charge in [-0.15, -0.1) is 0 Å². The molecule has 1 saturated carbocycles. The molecule has 0 radical (unpaired) electrons. The first-order valence-corrected chi connectivity index (χ1v) is 8.18. The van der Waals surface area contributed by atoms with Crippen molar-refractivity contribution in [3.63, 3.8) is 0 Å². The van der Waals surface area contributed by atoms with Gasteiger partial charge in [0.05, 0.1) is 6.61 Å². The van der Waals surface area contributed by atoms with Gasteiger partial charge in [-0.3, -0.25) is 9.69 Å². The number of nitrogens with zero attached hydrogens (tertiary/aromatic N) is 1. The van der Waals surface area contributed by atoms with Crippen molar-refractivity contribution >= 4 is 5.97 Å². The molecule has 0 N–H and O–H groups in total. The molecule has 0 spiro atoms. The van der Waals surface area contributed by atoms with E-state index in [0.717, 1.165) is 18.9 Å². The predicted molar refractivity (Wildman–Crippen MR) is 77.0 cm³/mol. The highest BCUT2D eigenvalue weighted by Gasteiger charge is 2.35. The van der Waals surface area contributed by atoms with E-state index in [2.05, 4.69) is 11.8 Å². The molecular weight excluding hydrogens is 238 g/mol. The van der Waals surface area contributed by atoms with Crippen molar-refractivity contribution in [1.82, 2.24) is 4.90 Å². The summed E-state index contributed by atoms with van der Waals surface area (Å²) < 4.78 is 5.26. The first-order chi connectivity index (χ1) is 9.26. The van der Waals surface area contributed by atoms with E-state index in [0.29, 0.717) is 12.6 Å². The average molecular weight is 267 g/mol. The average Bonchev–Trinajstić information content (AvgIpc) is 2.47. The summed E-state index contributed by atoms with van der Waals surface area (Å²) in [6.45, 7) is 5.79. The van der Waals surface area contributed by atoms with Crippen LogP contribution in [0.25, 0.3) is 0 Å². The van der Waals surface area contributed by atoms with Crippen LogP contribution in [0.3, 0.4) is 0 Å². The van der Waals surface area contributed by atoms with Crippen LogP contribution in [0.4, 0.5) is 0 Å². The second kappa shape index (κ2) is 7.28. The summed E-state index contributed by atoms with van der Waals surface area (Å²) in [7, 11) is 0. The van der Waals surface area contributed by atoms with E-state index in [1.165, 1.54) is 44.9 Å². The monoisotopic (exact) mass is 267 g/mol. The minimum absolute atomic E-state index is 0.0137. The fraction of sp³-hybridized carbons (Fsp3) is 0.938. The lowest BCUT2D eigenvalue weighted by molar-refractivity contribution is -0.152. The van der Waals surface area contributed by atoms with Gasteiger partial charge in [0, 0.05) is 6.04 Å². The zero-order valence-electron chi connectivity index (χ0n) is 12.6. The highest BCUT2D eigenvalue weighted by atomic mass is 16.5. The molecule has 1 heterocycles. The summed E-state index contributed by atoms with van der Waals surface area (Å²) in [4.78, 5) is 14.6. The molecule has 0 amide bonds. The molecule has 19 heavy (non-hydrogen) atoms. The van der Waals surface area contributed by atoms with Crippen LogP contribution in [0, 0.1) is 5.92 Å². The van der Waals surface area contributed by atoms with Gasteiger partial charge in [-0.05, 0) is 57.9 Å². The zero-order valence-corrected chi connectivity index (χ0v) is 12.6. The molecule has 0 aromatic carbocycles. The highest BCUT2D eigenvalue weighted by Crippen LogP contribution is 2.32. The Labute approximate surface area is 117 Å². The number of carbonyl (C=O) groups excluding carboxylic acids is 1. The number of piperidine rings is 1. The quantitative estimate of drug-likeness (QED) is 0.731. The lowest BCUT2D eigenvalue weighted by Gasteiger charge is -2.42. The van der Waals surface area contributed by atoms with Crippen LogP contribution in [-0.4, -0.2) is 36.1 Å². The Bertz CT molecular complexity index is 284. The van der Waals surface area contributed by atoms with Gasteiger partial charge in [-0.25, -0.2) is 0 Å². The number of hydrogen-bond acceptors (Lipinski definition) is 3. The molecule has 3 heteroatoms. The summed E-state index contributed by atoms with van der Waals surface area (Å²) in [6, 6.07) is 0.661. The van der Waals surface area contributed by atoms with Crippen LogP contribution < -0.4 is 0 Å². The number of hydrogen-bond donors (Lipinski definition) is 0. The molecule has 2 aliphatic rings. The number of rotatable bonds is 4. The Morgan fingerprint density at radius 1 is 1.11 bits per heavy atom. The molecule has 2 fully saturated rings. The minimum atomic E-state index is 0.0137. The molecule has 110 valence electrons. The first-order valence-electron chi connectivity index (χ1n) is 8.18. The van der Waals surface area contributed by atoms with Gasteiger partial charge in [-0.2, -0.15) is 0 Å². The molecule has 0 aromatic heterocycles. The van der Waals surface area contributed by atoms with Crippen LogP contribution in [0.15, 0.2) is 0 Å². The molecule has 0 unspecified atom stereocenters. The summed E-state index contributed by atoms with van der Waals surface area (Å²) in [5, 5.41) is 0. The second-order valence-electron chi connectivity index (χ2n) is 6.08. The van der Waals surface area contributed by atoms with E-state index in [1.807, 2.05) is 6.92 Å². The molecule has 0 aromatic rings. The normalized spacial score (nSPS) is 33.1. The largest absolute Gasteiger partial charge is 0.465 e. The van der Waals surface area contributed by atoms with Gasteiger partial charge < -0.3 is 4.74 Å². The molecule has 1 aliphatic carbocycles. The topological polar surface area (TPSA) is 29.5 Å². The van der Waals surface area contributed by atoms with Crippen LogP contribution >= 0.6 is 0 Å². The van der Waals surface area contributed by atoms with Gasteiger partial charge in [0.15, 0.2) is 0 Å². The van der Waals surface area contributed by atoms with Crippen molar-refractivity contribution < 1.29 is 9.53 Å². The Morgan fingerprint density at radius 3 is 2.47 bits per heavy atom. The molecule has 1 aliphatic heterocycles. The van der Waals surface area contributed by atoms with E-state index in [9.17, 15) is 4.79 Å². The van der Waals surface area contributed by atoms with Gasteiger partial charge in [0.25, 0.3) is 0 Å². The summed E-state index contributed by atoms with van der Waals surface area (Å²) in [5.41, 5.74) is 0. The van der Waals surface area contributed by atoms with Gasteiger partial charge in [0.1, 0.15) is 6.04 Å². The van der Waals surface area contributed by atoms with Crippen molar-refractivity contribution in [2.75, 3.05) is 13.2 Å². The fourth-order valence-corrected chi connectivity index (χ4v) is 3.77. The minimum Gasteiger partial charge on any atom is -0.465 e. The van der Waals surface area contributed by atoms with Crippen LogP contribution in [0.1, 0.15) is 65.2 Å². The maximum atomic E-state index is 12.1. The van der Waals surface area contributed by atoms with E-state index in [1.54, 1.807) is 0 Å². The lowest BCUT2D eigenvalue weighted by Crippen LogP contribution is -2.51. The highest BCUT2D eigenvalue weighted by molar-refractivity contribution is 5.75. The van der Waals surface area contributed by atoms with Gasteiger partial charge in [0.2, 0.25) is 0 Å². The standard InChI is InChI=1S/C16H29NO2/c1-3-13-8-10-14(11-9-13)17-12-6-5-7-15(17)16(18)19-4-2/h13-15H,3-12H2,1-2H3/t13?,14?,15-/m1/s1. The smallest absolute Gasteiger partial charge is 0.323 e. The lowest BCUT2D eigenvalue weighted by atomic mass is 9.82. The number of likely N-dealkylation sites (tertiary alicyclic amines) is 1. The van der Waals surface area contributed by atoms with E-state index in [-0.39, 0.29) is 12.0 Å². The van der Waals surface area contributed by atoms with E-state index >= 15 is 0 Å². The Morgan fingerprint density at radius 2 is 1.84 bits per heavy atom. The maximum Gasteiger partial charge on any atom is 0.323 e. The third-order valence-corrected chi connectivity index (χ3v) is 4.97.